The first-order valence-corrected chi connectivity index (χ1v) is 11.1. The van der Waals surface area contributed by atoms with Gasteiger partial charge < -0.3 is 20.7 Å². The smallest absolute Gasteiger partial charge is 0.337 e. The number of hydrogen-bond acceptors (Lipinski definition) is 5. The minimum Gasteiger partial charge on any atom is -0.465 e. The number of nitrogens with two attached hydrogens (primary N) is 1. The molecule has 0 bridgehead atoms. The van der Waals surface area contributed by atoms with Gasteiger partial charge in [-0.05, 0) is 48.2 Å². The highest BCUT2D eigenvalue weighted by molar-refractivity contribution is 6.05. The summed E-state index contributed by atoms with van der Waals surface area (Å²) < 4.78 is 4.78. The summed E-state index contributed by atoms with van der Waals surface area (Å²) in [5.74, 6) is -0.448. The first-order valence-electron chi connectivity index (χ1n) is 11.1. The molecule has 32 heavy (non-hydrogen) atoms. The van der Waals surface area contributed by atoms with Gasteiger partial charge in [0, 0.05) is 12.1 Å². The zero-order chi connectivity index (χ0) is 22.7. The van der Waals surface area contributed by atoms with Crippen LogP contribution >= 0.6 is 0 Å². The van der Waals surface area contributed by atoms with Gasteiger partial charge in [-0.25, -0.2) is 4.79 Å². The first kappa shape index (κ1) is 21.9. The second-order valence-corrected chi connectivity index (χ2v) is 8.66. The number of nitrogens with one attached hydrogen (secondary N) is 1. The van der Waals surface area contributed by atoms with Crippen LogP contribution in [0.15, 0.2) is 42.5 Å². The highest BCUT2D eigenvalue weighted by Gasteiger charge is 2.35. The van der Waals surface area contributed by atoms with Gasteiger partial charge in [-0.2, -0.15) is 0 Å². The number of ether oxygens (including phenoxy) is 1. The average molecular weight is 436 g/mol. The second kappa shape index (κ2) is 9.42. The van der Waals surface area contributed by atoms with Crippen molar-refractivity contribution in [2.24, 2.45) is 11.7 Å². The maximum atomic E-state index is 13.2. The maximum absolute atomic E-state index is 13.2. The van der Waals surface area contributed by atoms with Gasteiger partial charge >= 0.3 is 5.97 Å². The molecule has 168 valence electrons. The molecule has 3 N–H and O–H groups in total. The van der Waals surface area contributed by atoms with E-state index in [0.717, 1.165) is 30.5 Å². The third-order valence-corrected chi connectivity index (χ3v) is 6.54. The summed E-state index contributed by atoms with van der Waals surface area (Å²) in [5, 5.41) is 2.99. The lowest BCUT2D eigenvalue weighted by atomic mass is 9.83. The van der Waals surface area contributed by atoms with Crippen molar-refractivity contribution < 1.29 is 19.1 Å². The van der Waals surface area contributed by atoms with Crippen LogP contribution in [0.1, 0.15) is 64.8 Å². The molecule has 2 amide bonds. The molecular weight excluding hydrogens is 406 g/mol. The molecule has 2 aliphatic rings. The molecule has 1 aliphatic carbocycles. The van der Waals surface area contributed by atoms with E-state index in [0.29, 0.717) is 29.3 Å². The summed E-state index contributed by atoms with van der Waals surface area (Å²) in [6, 6.07) is 12.1. The standard InChI is InChI=1S/C25H29N3O4/c1-32-25(31)18-9-7-17(8-10-18)15-28-21-12-11-19(23(26)29)14-20(21)27-24(30)22(28)13-16-5-3-2-4-6-16/h7-12,14,16,22H,2-6,13,15H2,1H3,(H2,26,29)(H,27,30). The van der Waals surface area contributed by atoms with Gasteiger partial charge in [-0.15, -0.1) is 0 Å². The Morgan fingerprint density at radius 3 is 2.41 bits per heavy atom. The maximum Gasteiger partial charge on any atom is 0.337 e. The molecule has 0 radical (unpaired) electrons. The summed E-state index contributed by atoms with van der Waals surface area (Å²) in [6.07, 6.45) is 6.79. The van der Waals surface area contributed by atoms with Crippen LogP contribution < -0.4 is 16.0 Å². The number of carbonyl (C=O) groups is 3. The number of anilines is 2. The molecule has 1 heterocycles. The molecular formula is C25H29N3O4. The van der Waals surface area contributed by atoms with Crippen molar-refractivity contribution in [1.82, 2.24) is 0 Å². The van der Waals surface area contributed by atoms with Crippen LogP contribution in [0.5, 0.6) is 0 Å². The van der Waals surface area contributed by atoms with E-state index in [9.17, 15) is 14.4 Å². The predicted octanol–water partition coefficient (Wildman–Crippen LogP) is 3.87. The van der Waals surface area contributed by atoms with Crippen molar-refractivity contribution in [3.63, 3.8) is 0 Å². The molecule has 1 saturated carbocycles. The largest absolute Gasteiger partial charge is 0.465 e. The number of benzene rings is 2. The highest BCUT2D eigenvalue weighted by atomic mass is 16.5. The van der Waals surface area contributed by atoms with Gasteiger partial charge in [0.1, 0.15) is 6.04 Å². The monoisotopic (exact) mass is 435 g/mol. The molecule has 0 aromatic heterocycles. The number of primary amides is 1. The zero-order valence-electron chi connectivity index (χ0n) is 18.3. The van der Waals surface area contributed by atoms with E-state index >= 15 is 0 Å². The molecule has 0 saturated heterocycles. The van der Waals surface area contributed by atoms with Crippen molar-refractivity contribution in [3.8, 4) is 0 Å². The molecule has 1 aliphatic heterocycles. The van der Waals surface area contributed by atoms with E-state index in [2.05, 4.69) is 10.2 Å². The summed E-state index contributed by atoms with van der Waals surface area (Å²) in [7, 11) is 1.36. The van der Waals surface area contributed by atoms with E-state index in [1.165, 1.54) is 26.4 Å². The average Bonchev–Trinajstić information content (AvgIpc) is 2.81. The molecule has 2 aromatic rings. The van der Waals surface area contributed by atoms with Crippen LogP contribution in [0.25, 0.3) is 0 Å². The van der Waals surface area contributed by atoms with Crippen LogP contribution in [0.3, 0.4) is 0 Å². The molecule has 0 spiro atoms. The predicted molar refractivity (Wildman–Crippen MR) is 123 cm³/mol. The SMILES string of the molecule is COC(=O)c1ccc(CN2c3ccc(C(N)=O)cc3NC(=O)C2CC2CCCCC2)cc1. The molecule has 1 unspecified atom stereocenters. The highest BCUT2D eigenvalue weighted by Crippen LogP contribution is 2.38. The fourth-order valence-electron chi connectivity index (χ4n) is 4.79. The van der Waals surface area contributed by atoms with Gasteiger partial charge in [0.15, 0.2) is 0 Å². The quantitative estimate of drug-likeness (QED) is 0.671. The van der Waals surface area contributed by atoms with E-state index < -0.39 is 5.91 Å². The number of fused-ring (bicyclic) bond motifs is 1. The second-order valence-electron chi connectivity index (χ2n) is 8.66. The Bertz CT molecular complexity index is 1010. The molecule has 7 heteroatoms. The summed E-state index contributed by atoms with van der Waals surface area (Å²) in [4.78, 5) is 38.7. The Morgan fingerprint density at radius 1 is 1.06 bits per heavy atom. The van der Waals surface area contributed by atoms with Crippen molar-refractivity contribution in [1.29, 1.82) is 0 Å². The molecule has 4 rings (SSSR count). The summed E-state index contributed by atoms with van der Waals surface area (Å²) in [5.41, 5.74) is 8.72. The number of methoxy groups -OCH3 is 1. The van der Waals surface area contributed by atoms with Crippen molar-refractivity contribution in [3.05, 3.63) is 59.2 Å². The Morgan fingerprint density at radius 2 is 1.75 bits per heavy atom. The Hall–Kier alpha value is -3.35. The summed E-state index contributed by atoms with van der Waals surface area (Å²) >= 11 is 0. The van der Waals surface area contributed by atoms with E-state index in [1.807, 2.05) is 18.2 Å². The van der Waals surface area contributed by atoms with Gasteiger partial charge in [0.25, 0.3) is 0 Å². The van der Waals surface area contributed by atoms with E-state index in [1.54, 1.807) is 24.3 Å². The lowest BCUT2D eigenvalue weighted by Gasteiger charge is -2.40. The minimum absolute atomic E-state index is 0.0594. The number of rotatable bonds is 6. The number of nitrogens with zero attached hydrogens (tertiary/aromatic N) is 1. The Balaban J connectivity index is 1.65. The van der Waals surface area contributed by atoms with Crippen LogP contribution in [-0.2, 0) is 16.1 Å². The van der Waals surface area contributed by atoms with Crippen molar-refractivity contribution in [2.45, 2.75) is 51.1 Å². The fraction of sp³-hybridized carbons (Fsp3) is 0.400. The third kappa shape index (κ3) is 4.61. The minimum atomic E-state index is -0.531. The van der Waals surface area contributed by atoms with E-state index in [4.69, 9.17) is 10.5 Å². The molecule has 2 aromatic carbocycles. The fourth-order valence-corrected chi connectivity index (χ4v) is 4.79. The lowest BCUT2D eigenvalue weighted by Crippen LogP contribution is -2.48. The number of amides is 2. The van der Waals surface area contributed by atoms with Gasteiger partial charge in [0.2, 0.25) is 11.8 Å². The van der Waals surface area contributed by atoms with Gasteiger partial charge in [-0.1, -0.05) is 44.2 Å². The topological polar surface area (TPSA) is 102 Å². The van der Waals surface area contributed by atoms with Crippen LogP contribution in [0.2, 0.25) is 0 Å². The Kier molecular flexibility index (Phi) is 6.44. The van der Waals surface area contributed by atoms with Crippen molar-refractivity contribution >= 4 is 29.2 Å². The van der Waals surface area contributed by atoms with E-state index in [-0.39, 0.29) is 17.9 Å². The van der Waals surface area contributed by atoms with Crippen LogP contribution in [0.4, 0.5) is 11.4 Å². The number of carbonyl (C=O) groups excluding carboxylic acids is 3. The molecule has 1 fully saturated rings. The van der Waals surface area contributed by atoms with Crippen LogP contribution in [-0.4, -0.2) is 30.9 Å². The first-order chi connectivity index (χ1) is 15.5. The molecule has 1 atom stereocenters. The number of hydrogen-bond donors (Lipinski definition) is 2. The van der Waals surface area contributed by atoms with Crippen molar-refractivity contribution in [2.75, 3.05) is 17.3 Å². The third-order valence-electron chi connectivity index (χ3n) is 6.54. The molecule has 7 nitrogen and oxygen atoms in total. The van der Waals surface area contributed by atoms with Gasteiger partial charge in [-0.3, -0.25) is 9.59 Å². The van der Waals surface area contributed by atoms with Gasteiger partial charge in [0.05, 0.1) is 24.0 Å². The lowest BCUT2D eigenvalue weighted by molar-refractivity contribution is -0.118. The zero-order valence-corrected chi connectivity index (χ0v) is 18.3. The summed E-state index contributed by atoms with van der Waals surface area (Å²) in [6.45, 7) is 0.509. The number of esters is 1. The normalized spacial score (nSPS) is 18.6. The van der Waals surface area contributed by atoms with Crippen LogP contribution in [0, 0.1) is 5.92 Å². The Labute approximate surface area is 187 Å².